The minimum absolute atomic E-state index is 0.0807. The summed E-state index contributed by atoms with van der Waals surface area (Å²) in [6.07, 6.45) is 7.97. The third-order valence-electron chi connectivity index (χ3n) is 5.07. The number of nitrogens with zero attached hydrogens (tertiary/aromatic N) is 3. The van der Waals surface area contributed by atoms with Gasteiger partial charge < -0.3 is 10.2 Å². The average molecular weight is 409 g/mol. The summed E-state index contributed by atoms with van der Waals surface area (Å²) < 4.78 is 0. The second kappa shape index (κ2) is 9.67. The predicted molar refractivity (Wildman–Crippen MR) is 125 cm³/mol. The lowest BCUT2D eigenvalue weighted by molar-refractivity contribution is -0.114. The number of nitrogens with one attached hydrogen (secondary N) is 1. The SMILES string of the molecule is CC(=O)Nc1cccc(-c2ccccc2)c1CCN(c1cccnc1)c1cccnc1. The molecule has 2 aromatic carbocycles. The fourth-order valence-electron chi connectivity index (χ4n) is 3.71. The summed E-state index contributed by atoms with van der Waals surface area (Å²) in [4.78, 5) is 22.6. The van der Waals surface area contributed by atoms with E-state index < -0.39 is 0 Å². The molecule has 0 saturated carbocycles. The molecule has 0 aliphatic rings. The van der Waals surface area contributed by atoms with Gasteiger partial charge >= 0.3 is 0 Å². The molecular formula is C26H24N4O. The summed E-state index contributed by atoms with van der Waals surface area (Å²) in [5.41, 5.74) is 6.17. The van der Waals surface area contributed by atoms with Gasteiger partial charge in [-0.25, -0.2) is 0 Å². The summed E-state index contributed by atoms with van der Waals surface area (Å²) in [5, 5.41) is 3.00. The van der Waals surface area contributed by atoms with E-state index in [1.54, 1.807) is 12.4 Å². The molecule has 4 aromatic rings. The zero-order valence-electron chi connectivity index (χ0n) is 17.4. The third kappa shape index (κ3) is 4.95. The molecule has 2 aromatic heterocycles. The van der Waals surface area contributed by atoms with Gasteiger partial charge in [-0.1, -0.05) is 42.5 Å². The molecule has 1 N–H and O–H groups in total. The summed E-state index contributed by atoms with van der Waals surface area (Å²) in [6.45, 7) is 2.24. The van der Waals surface area contributed by atoms with Crippen LogP contribution in [0.2, 0.25) is 0 Å². The monoisotopic (exact) mass is 408 g/mol. The number of carbonyl (C=O) groups excluding carboxylic acids is 1. The Bertz CT molecular complexity index is 1090. The minimum Gasteiger partial charge on any atom is -0.339 e. The van der Waals surface area contributed by atoms with Crippen LogP contribution in [0.1, 0.15) is 12.5 Å². The second-order valence-electron chi connectivity index (χ2n) is 7.20. The van der Waals surface area contributed by atoms with E-state index >= 15 is 0 Å². The Morgan fingerprint density at radius 2 is 1.52 bits per heavy atom. The van der Waals surface area contributed by atoms with Crippen LogP contribution in [0, 0.1) is 0 Å². The first-order valence-corrected chi connectivity index (χ1v) is 10.2. The molecule has 0 unspecified atom stereocenters. The fraction of sp³-hybridized carbons (Fsp3) is 0.115. The molecule has 2 heterocycles. The van der Waals surface area contributed by atoms with Crippen molar-refractivity contribution in [1.29, 1.82) is 0 Å². The molecule has 31 heavy (non-hydrogen) atoms. The van der Waals surface area contributed by atoms with Gasteiger partial charge in [0.2, 0.25) is 5.91 Å². The van der Waals surface area contributed by atoms with Crippen molar-refractivity contribution in [3.8, 4) is 11.1 Å². The number of anilines is 3. The van der Waals surface area contributed by atoms with Crippen molar-refractivity contribution in [1.82, 2.24) is 9.97 Å². The van der Waals surface area contributed by atoms with Crippen molar-refractivity contribution in [2.24, 2.45) is 0 Å². The molecule has 0 saturated heterocycles. The van der Waals surface area contributed by atoms with Gasteiger partial charge in [0.15, 0.2) is 0 Å². The first-order chi connectivity index (χ1) is 15.2. The second-order valence-corrected chi connectivity index (χ2v) is 7.20. The maximum absolute atomic E-state index is 11.9. The van der Waals surface area contributed by atoms with Gasteiger partial charge in [0.1, 0.15) is 0 Å². The Hall–Kier alpha value is -3.99. The van der Waals surface area contributed by atoms with E-state index in [-0.39, 0.29) is 5.91 Å². The average Bonchev–Trinajstić information content (AvgIpc) is 2.81. The standard InChI is InChI=1S/C26H24N4O/c1-20(31)29-26-13-5-12-24(21-8-3-2-4-9-21)25(26)14-17-30(22-10-6-15-27-18-22)23-11-7-16-28-19-23/h2-13,15-16,18-19H,14,17H2,1H3,(H,29,31). The first-order valence-electron chi connectivity index (χ1n) is 10.2. The van der Waals surface area contributed by atoms with Crippen LogP contribution in [0.25, 0.3) is 11.1 Å². The molecule has 154 valence electrons. The largest absolute Gasteiger partial charge is 0.339 e. The minimum atomic E-state index is -0.0807. The van der Waals surface area contributed by atoms with E-state index in [1.807, 2.05) is 67.0 Å². The van der Waals surface area contributed by atoms with E-state index in [4.69, 9.17) is 0 Å². The molecule has 0 aliphatic heterocycles. The summed E-state index contributed by atoms with van der Waals surface area (Å²) in [7, 11) is 0. The number of carbonyl (C=O) groups is 1. The van der Waals surface area contributed by atoms with Crippen molar-refractivity contribution in [3.63, 3.8) is 0 Å². The molecule has 1 amide bonds. The van der Waals surface area contributed by atoms with E-state index in [9.17, 15) is 4.79 Å². The fourth-order valence-corrected chi connectivity index (χ4v) is 3.71. The Morgan fingerprint density at radius 3 is 2.10 bits per heavy atom. The van der Waals surface area contributed by atoms with E-state index in [0.29, 0.717) is 6.54 Å². The Balaban J connectivity index is 1.72. The van der Waals surface area contributed by atoms with Crippen molar-refractivity contribution in [2.75, 3.05) is 16.8 Å². The Morgan fingerprint density at radius 1 is 0.839 bits per heavy atom. The van der Waals surface area contributed by atoms with E-state index in [2.05, 4.69) is 38.4 Å². The number of amides is 1. The highest BCUT2D eigenvalue weighted by Gasteiger charge is 2.15. The zero-order chi connectivity index (χ0) is 21.5. The van der Waals surface area contributed by atoms with Gasteiger partial charge in [-0.3, -0.25) is 14.8 Å². The topological polar surface area (TPSA) is 58.1 Å². The lowest BCUT2D eigenvalue weighted by Crippen LogP contribution is -2.21. The van der Waals surface area contributed by atoms with Gasteiger partial charge in [0, 0.05) is 31.5 Å². The predicted octanol–water partition coefficient (Wildman–Crippen LogP) is 5.48. The van der Waals surface area contributed by atoms with Crippen LogP contribution in [0.4, 0.5) is 17.1 Å². The molecular weight excluding hydrogens is 384 g/mol. The zero-order valence-corrected chi connectivity index (χ0v) is 17.4. The van der Waals surface area contributed by atoms with Crippen molar-refractivity contribution in [3.05, 3.63) is 103 Å². The maximum Gasteiger partial charge on any atom is 0.221 e. The van der Waals surface area contributed by atoms with Crippen molar-refractivity contribution < 1.29 is 4.79 Å². The summed E-state index contributed by atoms with van der Waals surface area (Å²) in [6, 6.07) is 24.2. The van der Waals surface area contributed by atoms with Crippen LogP contribution >= 0.6 is 0 Å². The molecule has 0 bridgehead atoms. The van der Waals surface area contributed by atoms with Crippen LogP contribution in [0.15, 0.2) is 97.6 Å². The normalized spacial score (nSPS) is 10.5. The van der Waals surface area contributed by atoms with Crippen LogP contribution in [-0.2, 0) is 11.2 Å². The highest BCUT2D eigenvalue weighted by Crippen LogP contribution is 2.31. The Kier molecular flexibility index (Phi) is 6.33. The lowest BCUT2D eigenvalue weighted by Gasteiger charge is -2.25. The number of pyridine rings is 2. The number of rotatable bonds is 7. The maximum atomic E-state index is 11.9. The molecule has 0 atom stereocenters. The summed E-state index contributed by atoms with van der Waals surface area (Å²) in [5.74, 6) is -0.0807. The smallest absolute Gasteiger partial charge is 0.221 e. The molecule has 0 aliphatic carbocycles. The lowest BCUT2D eigenvalue weighted by atomic mass is 9.95. The quantitative estimate of drug-likeness (QED) is 0.440. The van der Waals surface area contributed by atoms with Crippen LogP contribution in [-0.4, -0.2) is 22.4 Å². The van der Waals surface area contributed by atoms with Crippen molar-refractivity contribution in [2.45, 2.75) is 13.3 Å². The molecule has 0 radical (unpaired) electrons. The number of benzene rings is 2. The molecule has 0 fully saturated rings. The number of hydrogen-bond donors (Lipinski definition) is 1. The number of hydrogen-bond acceptors (Lipinski definition) is 4. The first kappa shape index (κ1) is 20.3. The van der Waals surface area contributed by atoms with Gasteiger partial charge in [-0.15, -0.1) is 0 Å². The van der Waals surface area contributed by atoms with Gasteiger partial charge in [-0.05, 0) is 53.4 Å². The molecule has 5 heteroatoms. The van der Waals surface area contributed by atoms with E-state index in [1.165, 1.54) is 6.92 Å². The van der Waals surface area contributed by atoms with Crippen LogP contribution in [0.5, 0.6) is 0 Å². The van der Waals surface area contributed by atoms with Gasteiger partial charge in [0.05, 0.1) is 23.8 Å². The molecule has 4 rings (SSSR count). The van der Waals surface area contributed by atoms with Crippen LogP contribution < -0.4 is 10.2 Å². The Labute approximate surface area is 182 Å². The third-order valence-corrected chi connectivity index (χ3v) is 5.07. The van der Waals surface area contributed by atoms with Gasteiger partial charge in [-0.2, -0.15) is 0 Å². The van der Waals surface area contributed by atoms with E-state index in [0.717, 1.165) is 40.2 Å². The summed E-state index contributed by atoms with van der Waals surface area (Å²) >= 11 is 0. The van der Waals surface area contributed by atoms with Crippen molar-refractivity contribution >= 4 is 23.0 Å². The highest BCUT2D eigenvalue weighted by molar-refractivity contribution is 5.91. The van der Waals surface area contributed by atoms with Gasteiger partial charge in [0.25, 0.3) is 0 Å². The number of aromatic nitrogens is 2. The highest BCUT2D eigenvalue weighted by atomic mass is 16.1. The molecule has 5 nitrogen and oxygen atoms in total. The molecule has 0 spiro atoms. The van der Waals surface area contributed by atoms with Crippen LogP contribution in [0.3, 0.4) is 0 Å².